The molecule has 0 bridgehead atoms. The van der Waals surface area contributed by atoms with E-state index in [1.807, 2.05) is 6.20 Å². The highest BCUT2D eigenvalue weighted by Gasteiger charge is 2.20. The molecule has 1 aromatic carbocycles. The van der Waals surface area contributed by atoms with Crippen molar-refractivity contribution < 1.29 is 0 Å². The molecule has 0 N–H and O–H groups in total. The maximum absolute atomic E-state index is 4.60. The lowest BCUT2D eigenvalue weighted by Gasteiger charge is -2.28. The second-order valence-electron chi connectivity index (χ2n) is 8.52. The van der Waals surface area contributed by atoms with Gasteiger partial charge in [0, 0.05) is 11.8 Å². The molecule has 1 heterocycles. The van der Waals surface area contributed by atoms with Crippen molar-refractivity contribution in [3.8, 4) is 11.3 Å². The summed E-state index contributed by atoms with van der Waals surface area (Å²) in [6.45, 7) is 4.48. The summed E-state index contributed by atoms with van der Waals surface area (Å²) < 4.78 is 0. The van der Waals surface area contributed by atoms with Crippen LogP contribution in [-0.4, -0.2) is 4.98 Å². The molecule has 0 radical (unpaired) electrons. The van der Waals surface area contributed by atoms with Crippen LogP contribution in [0.3, 0.4) is 0 Å². The molecule has 1 saturated carbocycles. The van der Waals surface area contributed by atoms with Gasteiger partial charge in [0.25, 0.3) is 0 Å². The number of aromatic nitrogens is 1. The van der Waals surface area contributed by atoms with Crippen LogP contribution in [-0.2, 0) is 12.8 Å². The minimum Gasteiger partial charge on any atom is -0.256 e. The van der Waals surface area contributed by atoms with Crippen LogP contribution >= 0.6 is 0 Å². The molecule has 1 heteroatoms. The Bertz CT molecular complexity index is 648. The first-order valence-electron chi connectivity index (χ1n) is 11.3. The van der Waals surface area contributed by atoms with Gasteiger partial charge < -0.3 is 0 Å². The number of pyridine rings is 1. The van der Waals surface area contributed by atoms with Crippen LogP contribution in [0.1, 0.15) is 82.8 Å². The van der Waals surface area contributed by atoms with E-state index < -0.39 is 0 Å². The Hall–Kier alpha value is -1.63. The highest BCUT2D eigenvalue weighted by molar-refractivity contribution is 5.59. The predicted molar refractivity (Wildman–Crippen MR) is 117 cm³/mol. The van der Waals surface area contributed by atoms with Gasteiger partial charge in [-0.1, -0.05) is 95.5 Å². The zero-order valence-corrected chi connectivity index (χ0v) is 17.4. The average Bonchev–Trinajstić information content (AvgIpc) is 2.74. The molecule has 146 valence electrons. The second-order valence-corrected chi connectivity index (χ2v) is 8.52. The molecule has 27 heavy (non-hydrogen) atoms. The lowest BCUT2D eigenvalue weighted by Crippen LogP contribution is -2.15. The molecule has 0 saturated heterocycles. The van der Waals surface area contributed by atoms with Gasteiger partial charge in [-0.2, -0.15) is 0 Å². The van der Waals surface area contributed by atoms with Crippen molar-refractivity contribution in [2.75, 3.05) is 0 Å². The quantitative estimate of drug-likeness (QED) is 0.417. The highest BCUT2D eigenvalue weighted by atomic mass is 14.7. The molecule has 2 aromatic rings. The Labute approximate surface area is 166 Å². The van der Waals surface area contributed by atoms with Crippen molar-refractivity contribution in [1.29, 1.82) is 0 Å². The second kappa shape index (κ2) is 10.6. The lowest BCUT2D eigenvalue weighted by molar-refractivity contribution is 0.249. The van der Waals surface area contributed by atoms with Gasteiger partial charge in [0.1, 0.15) is 0 Å². The number of hydrogen-bond donors (Lipinski definition) is 0. The molecule has 0 aliphatic heterocycles. The fraction of sp³-hybridized carbons (Fsp3) is 0.577. The van der Waals surface area contributed by atoms with Gasteiger partial charge >= 0.3 is 0 Å². The van der Waals surface area contributed by atoms with Gasteiger partial charge in [-0.25, -0.2) is 0 Å². The first kappa shape index (κ1) is 20.1. The van der Waals surface area contributed by atoms with Crippen molar-refractivity contribution in [2.24, 2.45) is 11.8 Å². The van der Waals surface area contributed by atoms with Crippen LogP contribution in [0.2, 0.25) is 0 Å². The Balaban J connectivity index is 1.42. The number of aryl methyl sites for hydroxylation is 2. The van der Waals surface area contributed by atoms with Gasteiger partial charge in [0.05, 0.1) is 5.69 Å². The zero-order chi connectivity index (χ0) is 18.9. The summed E-state index contributed by atoms with van der Waals surface area (Å²) in [5.74, 6) is 1.98. The van der Waals surface area contributed by atoms with Gasteiger partial charge in [0.15, 0.2) is 0 Å². The smallest absolute Gasteiger partial charge is 0.0702 e. The van der Waals surface area contributed by atoms with Crippen molar-refractivity contribution in [3.63, 3.8) is 0 Å². The van der Waals surface area contributed by atoms with Crippen molar-refractivity contribution >= 4 is 0 Å². The summed E-state index contributed by atoms with van der Waals surface area (Å²) in [6.07, 6.45) is 17.2. The molecule has 1 aliphatic rings. The third-order valence-corrected chi connectivity index (χ3v) is 6.51. The molecule has 0 amide bonds. The van der Waals surface area contributed by atoms with Crippen LogP contribution in [0.5, 0.6) is 0 Å². The molecular weight excluding hydrogens is 326 g/mol. The number of unbranched alkanes of at least 4 members (excludes halogenated alkanes) is 2. The van der Waals surface area contributed by atoms with Crippen molar-refractivity contribution in [1.82, 2.24) is 4.98 Å². The van der Waals surface area contributed by atoms with Crippen LogP contribution in [0.25, 0.3) is 11.3 Å². The minimum absolute atomic E-state index is 0.954. The maximum Gasteiger partial charge on any atom is 0.0702 e. The summed E-state index contributed by atoms with van der Waals surface area (Å²) in [5.41, 5.74) is 5.10. The van der Waals surface area contributed by atoms with Gasteiger partial charge in [0.2, 0.25) is 0 Å². The van der Waals surface area contributed by atoms with E-state index in [1.54, 1.807) is 0 Å². The zero-order valence-electron chi connectivity index (χ0n) is 17.4. The van der Waals surface area contributed by atoms with E-state index in [1.165, 1.54) is 80.9 Å². The Kier molecular flexibility index (Phi) is 7.93. The average molecular weight is 364 g/mol. The molecule has 0 spiro atoms. The fourth-order valence-electron chi connectivity index (χ4n) is 4.51. The topological polar surface area (TPSA) is 12.9 Å². The van der Waals surface area contributed by atoms with Crippen LogP contribution in [0, 0.1) is 11.8 Å². The number of benzene rings is 1. The summed E-state index contributed by atoms with van der Waals surface area (Å²) >= 11 is 0. The van der Waals surface area contributed by atoms with E-state index in [0.717, 1.165) is 24.0 Å². The van der Waals surface area contributed by atoms with E-state index >= 15 is 0 Å². The fourth-order valence-corrected chi connectivity index (χ4v) is 4.51. The largest absolute Gasteiger partial charge is 0.256 e. The van der Waals surface area contributed by atoms with Crippen molar-refractivity contribution in [3.05, 3.63) is 53.7 Å². The molecule has 1 aliphatic carbocycles. The predicted octanol–water partition coefficient (Wildman–Crippen LogP) is 7.63. The van der Waals surface area contributed by atoms with Crippen LogP contribution < -0.4 is 0 Å². The molecule has 1 fully saturated rings. The first-order chi connectivity index (χ1) is 13.3. The molecule has 0 unspecified atom stereocenters. The van der Waals surface area contributed by atoms with Gasteiger partial charge in [-0.3, -0.25) is 4.98 Å². The van der Waals surface area contributed by atoms with Crippen LogP contribution in [0.4, 0.5) is 0 Å². The maximum atomic E-state index is 4.60. The summed E-state index contributed by atoms with van der Waals surface area (Å²) in [6, 6.07) is 13.4. The first-order valence-corrected chi connectivity index (χ1v) is 11.3. The normalized spacial score (nSPS) is 19.9. The van der Waals surface area contributed by atoms with Crippen LogP contribution in [0.15, 0.2) is 42.6 Å². The van der Waals surface area contributed by atoms with E-state index in [0.29, 0.717) is 0 Å². The standard InChI is InChI=1S/C26H37N/c1-3-5-6-7-22-8-10-23(11-9-22)12-13-24-14-17-25(18-15-24)26-19-16-21(4-2)20-27-26/h14-20,22-23H,3-13H2,1-2H3. The molecule has 1 aromatic heterocycles. The summed E-state index contributed by atoms with van der Waals surface area (Å²) in [4.78, 5) is 4.60. The van der Waals surface area contributed by atoms with Gasteiger partial charge in [-0.15, -0.1) is 0 Å². The highest BCUT2D eigenvalue weighted by Crippen LogP contribution is 2.34. The third kappa shape index (κ3) is 6.19. The number of rotatable bonds is 9. The van der Waals surface area contributed by atoms with E-state index in [4.69, 9.17) is 0 Å². The van der Waals surface area contributed by atoms with E-state index in [9.17, 15) is 0 Å². The lowest BCUT2D eigenvalue weighted by atomic mass is 9.78. The van der Waals surface area contributed by atoms with Gasteiger partial charge in [-0.05, 0) is 48.3 Å². The third-order valence-electron chi connectivity index (χ3n) is 6.51. The summed E-state index contributed by atoms with van der Waals surface area (Å²) in [5, 5.41) is 0. The Morgan fingerprint density at radius 1 is 0.778 bits per heavy atom. The monoisotopic (exact) mass is 363 g/mol. The molecular formula is C26H37N. The van der Waals surface area contributed by atoms with E-state index in [-0.39, 0.29) is 0 Å². The Morgan fingerprint density at radius 2 is 1.44 bits per heavy atom. The Morgan fingerprint density at radius 3 is 2.04 bits per heavy atom. The van der Waals surface area contributed by atoms with Crippen molar-refractivity contribution in [2.45, 2.75) is 84.5 Å². The molecule has 1 nitrogen and oxygen atoms in total. The summed E-state index contributed by atoms with van der Waals surface area (Å²) in [7, 11) is 0. The molecule has 3 rings (SSSR count). The molecule has 0 atom stereocenters. The number of nitrogens with zero attached hydrogens (tertiary/aromatic N) is 1. The minimum atomic E-state index is 0.954. The van der Waals surface area contributed by atoms with E-state index in [2.05, 4.69) is 55.2 Å². The number of hydrogen-bond acceptors (Lipinski definition) is 1. The SMILES string of the molecule is CCCCCC1CCC(CCc2ccc(-c3ccc(CC)cn3)cc2)CC1.